The largest absolute Gasteiger partial charge is 0.332 e. The number of halogens is 5. The molecule has 3 aliphatic rings. The molecule has 8 heteroatoms. The minimum Gasteiger partial charge on any atom is -0.323 e. The van der Waals surface area contributed by atoms with Crippen LogP contribution in [0, 0.1) is 17.0 Å². The predicted molar refractivity (Wildman–Crippen MR) is 71.4 cm³/mol. The molecular formula is C14H13BrF4O3. The molecule has 0 unspecified atom stereocenters. The van der Waals surface area contributed by atoms with Crippen LogP contribution in [0.1, 0.15) is 24.5 Å². The Labute approximate surface area is 132 Å². The number of alkyl halides is 3. The van der Waals surface area contributed by atoms with Crippen LogP contribution < -0.4 is 0 Å². The van der Waals surface area contributed by atoms with E-state index < -0.39 is 28.0 Å². The summed E-state index contributed by atoms with van der Waals surface area (Å²) in [6.07, 6.45) is 0.764. The van der Waals surface area contributed by atoms with Gasteiger partial charge in [0.2, 0.25) is 0 Å². The van der Waals surface area contributed by atoms with Crippen LogP contribution in [-0.2, 0) is 25.0 Å². The Morgan fingerprint density at radius 2 is 1.55 bits per heavy atom. The zero-order chi connectivity index (χ0) is 16.2. The Hall–Kier alpha value is -0.700. The summed E-state index contributed by atoms with van der Waals surface area (Å²) >= 11 is 1.96. The Bertz CT molecular complexity index is 555. The quantitative estimate of drug-likeness (QED) is 0.582. The maximum atomic E-state index is 13.9. The van der Waals surface area contributed by atoms with Crippen molar-refractivity contribution in [2.45, 2.75) is 24.1 Å². The molecule has 0 radical (unpaired) electrons. The second-order valence-electron chi connectivity index (χ2n) is 5.59. The van der Waals surface area contributed by atoms with Crippen molar-refractivity contribution in [3.05, 3.63) is 34.9 Å². The van der Waals surface area contributed by atoms with E-state index in [1.54, 1.807) is 0 Å². The Morgan fingerprint density at radius 1 is 1.09 bits per heavy atom. The van der Waals surface area contributed by atoms with Gasteiger partial charge in [-0.2, -0.15) is 8.78 Å². The number of hydrogen-bond acceptors (Lipinski definition) is 3. The van der Waals surface area contributed by atoms with Gasteiger partial charge in [-0.1, -0.05) is 6.92 Å². The summed E-state index contributed by atoms with van der Waals surface area (Å²) in [6, 6.07) is 1.50. The lowest BCUT2D eigenvalue weighted by Crippen LogP contribution is -2.58. The molecule has 0 N–H and O–H groups in total. The third-order valence-corrected chi connectivity index (χ3v) is 4.53. The van der Waals surface area contributed by atoms with Crippen molar-refractivity contribution in [3.63, 3.8) is 0 Å². The minimum atomic E-state index is -3.81. The molecule has 3 fully saturated rings. The summed E-state index contributed by atoms with van der Waals surface area (Å²) in [6.45, 7) is 2.88. The smallest absolute Gasteiger partial charge is 0.323 e. The van der Waals surface area contributed by atoms with Crippen molar-refractivity contribution in [1.29, 1.82) is 0 Å². The van der Waals surface area contributed by atoms with E-state index in [1.807, 2.05) is 22.9 Å². The summed E-state index contributed by atoms with van der Waals surface area (Å²) in [5, 5.41) is 0. The highest BCUT2D eigenvalue weighted by atomic mass is 79.9. The van der Waals surface area contributed by atoms with Gasteiger partial charge in [-0.3, -0.25) is 0 Å². The first kappa shape index (κ1) is 16.2. The lowest BCUT2D eigenvalue weighted by atomic mass is 9.85. The molecule has 0 spiro atoms. The van der Waals surface area contributed by atoms with E-state index >= 15 is 0 Å². The van der Waals surface area contributed by atoms with Gasteiger partial charge in [0.15, 0.2) is 0 Å². The van der Waals surface area contributed by atoms with Gasteiger partial charge >= 0.3 is 10.8 Å². The molecule has 4 rings (SSSR count). The molecule has 0 saturated carbocycles. The molecule has 0 aromatic heterocycles. The molecule has 3 nitrogen and oxygen atoms in total. The maximum Gasteiger partial charge on any atom is 0.332 e. The van der Waals surface area contributed by atoms with Gasteiger partial charge in [-0.25, -0.2) is 8.78 Å². The van der Waals surface area contributed by atoms with Crippen LogP contribution in [0.3, 0.4) is 0 Å². The topological polar surface area (TPSA) is 27.7 Å². The van der Waals surface area contributed by atoms with Crippen molar-refractivity contribution in [2.24, 2.45) is 5.41 Å². The van der Waals surface area contributed by atoms with Crippen molar-refractivity contribution in [3.8, 4) is 0 Å². The summed E-state index contributed by atoms with van der Waals surface area (Å²) in [7, 11) is 0. The van der Waals surface area contributed by atoms with E-state index in [9.17, 15) is 17.6 Å². The molecule has 1 aromatic carbocycles. The number of ether oxygens (including phenoxy) is 3. The van der Waals surface area contributed by atoms with Crippen molar-refractivity contribution in [1.82, 2.24) is 0 Å². The third kappa shape index (κ3) is 2.46. The van der Waals surface area contributed by atoms with Gasteiger partial charge in [0.25, 0.3) is 0 Å². The van der Waals surface area contributed by atoms with E-state index in [-0.39, 0.29) is 11.0 Å². The average molecular weight is 385 g/mol. The lowest BCUT2D eigenvalue weighted by molar-refractivity contribution is -0.480. The molecule has 3 heterocycles. The van der Waals surface area contributed by atoms with Gasteiger partial charge in [0.05, 0.1) is 19.8 Å². The monoisotopic (exact) mass is 384 g/mol. The van der Waals surface area contributed by atoms with Crippen LogP contribution in [0.25, 0.3) is 0 Å². The first-order valence-electron chi connectivity index (χ1n) is 6.70. The average Bonchev–Trinajstić information content (AvgIpc) is 2.47. The molecule has 3 aliphatic heterocycles. The maximum absolute atomic E-state index is 13.9. The number of fused-ring (bicyclic) bond motifs is 3. The summed E-state index contributed by atoms with van der Waals surface area (Å²) < 4.78 is 70.7. The SMILES string of the molecule is CCC12COC(c3cc(F)c(C(F)(F)Br)c(F)c3)(OC1)OC2. The van der Waals surface area contributed by atoms with Crippen LogP contribution in [-0.4, -0.2) is 19.8 Å². The summed E-state index contributed by atoms with van der Waals surface area (Å²) in [5.74, 6) is -4.54. The fraction of sp³-hybridized carbons (Fsp3) is 0.571. The first-order chi connectivity index (χ1) is 10.2. The zero-order valence-corrected chi connectivity index (χ0v) is 13.2. The second-order valence-corrected chi connectivity index (χ2v) is 6.58. The first-order valence-corrected chi connectivity index (χ1v) is 7.49. The molecule has 0 aliphatic carbocycles. The molecule has 22 heavy (non-hydrogen) atoms. The number of benzene rings is 1. The highest BCUT2D eigenvalue weighted by molar-refractivity contribution is 9.09. The van der Waals surface area contributed by atoms with Crippen LogP contribution in [0.4, 0.5) is 17.6 Å². The summed E-state index contributed by atoms with van der Waals surface area (Å²) in [4.78, 5) is -3.81. The van der Waals surface area contributed by atoms with Crippen molar-refractivity contribution >= 4 is 15.9 Å². The van der Waals surface area contributed by atoms with Crippen LogP contribution in [0.15, 0.2) is 12.1 Å². The normalized spacial score (nSPS) is 31.5. The minimum absolute atomic E-state index is 0.118. The van der Waals surface area contributed by atoms with Crippen LogP contribution in [0.2, 0.25) is 0 Å². The molecule has 0 amide bonds. The van der Waals surface area contributed by atoms with Gasteiger partial charge in [-0.15, -0.1) is 0 Å². The molecule has 2 bridgehead atoms. The molecule has 3 saturated heterocycles. The van der Waals surface area contributed by atoms with E-state index in [2.05, 4.69) is 0 Å². The van der Waals surface area contributed by atoms with E-state index in [0.29, 0.717) is 19.8 Å². The molecular weight excluding hydrogens is 372 g/mol. The van der Waals surface area contributed by atoms with Crippen LogP contribution in [0.5, 0.6) is 0 Å². The fourth-order valence-electron chi connectivity index (χ4n) is 2.57. The van der Waals surface area contributed by atoms with Gasteiger partial charge in [0.1, 0.15) is 17.2 Å². The van der Waals surface area contributed by atoms with Gasteiger partial charge in [-0.05, 0) is 34.5 Å². The Kier molecular flexibility index (Phi) is 3.79. The van der Waals surface area contributed by atoms with Gasteiger partial charge < -0.3 is 14.2 Å². The Balaban J connectivity index is 1.97. The van der Waals surface area contributed by atoms with Crippen molar-refractivity contribution < 1.29 is 31.8 Å². The second kappa shape index (κ2) is 5.15. The highest BCUT2D eigenvalue weighted by Crippen LogP contribution is 2.47. The predicted octanol–water partition coefficient (Wildman–Crippen LogP) is 3.99. The standard InChI is InChI=1S/C14H13BrF4O3/c1-2-12-5-20-14(21-6-12,22-7-12)8-3-9(16)11(10(17)4-8)13(15,18)19/h3-4H,2,5-7H2,1H3. The van der Waals surface area contributed by atoms with E-state index in [0.717, 1.165) is 18.6 Å². The third-order valence-electron chi connectivity index (χ3n) is 4.13. The van der Waals surface area contributed by atoms with Gasteiger partial charge in [0, 0.05) is 11.0 Å². The highest BCUT2D eigenvalue weighted by Gasteiger charge is 2.53. The number of rotatable bonds is 3. The molecule has 0 atom stereocenters. The fourth-order valence-corrected chi connectivity index (χ4v) is 2.95. The van der Waals surface area contributed by atoms with E-state index in [4.69, 9.17) is 14.2 Å². The zero-order valence-electron chi connectivity index (χ0n) is 11.6. The van der Waals surface area contributed by atoms with E-state index in [1.165, 1.54) is 0 Å². The van der Waals surface area contributed by atoms with Crippen molar-refractivity contribution in [2.75, 3.05) is 19.8 Å². The molecule has 122 valence electrons. The van der Waals surface area contributed by atoms with Crippen LogP contribution >= 0.6 is 15.9 Å². The molecule has 1 aromatic rings. The lowest BCUT2D eigenvalue weighted by Gasteiger charge is -2.51. The Morgan fingerprint density at radius 3 is 1.91 bits per heavy atom. The number of hydrogen-bond donors (Lipinski definition) is 0. The summed E-state index contributed by atoms with van der Waals surface area (Å²) in [5.41, 5.74) is -1.75.